The SMILES string of the molecule is CNC(=O)C1(C(=O)NCc2ccc(-c3ccc(OC)cc3)cc2)CC1. The van der Waals surface area contributed by atoms with E-state index in [1.54, 1.807) is 14.2 Å². The Labute approximate surface area is 147 Å². The number of carbonyl (C=O) groups excluding carboxylic acids is 2. The van der Waals surface area contributed by atoms with Gasteiger partial charge in [-0.3, -0.25) is 9.59 Å². The second kappa shape index (κ2) is 6.97. The lowest BCUT2D eigenvalue weighted by Gasteiger charge is -2.14. The summed E-state index contributed by atoms with van der Waals surface area (Å²) in [6.07, 6.45) is 1.24. The molecule has 2 amide bonds. The number of benzene rings is 2. The summed E-state index contributed by atoms with van der Waals surface area (Å²) in [5.41, 5.74) is 2.35. The van der Waals surface area contributed by atoms with Crippen molar-refractivity contribution in [2.75, 3.05) is 14.2 Å². The van der Waals surface area contributed by atoms with E-state index in [0.717, 1.165) is 22.4 Å². The zero-order chi connectivity index (χ0) is 17.9. The van der Waals surface area contributed by atoms with Gasteiger partial charge in [-0.25, -0.2) is 0 Å². The maximum absolute atomic E-state index is 12.3. The molecule has 5 nitrogen and oxygen atoms in total. The molecule has 0 saturated heterocycles. The van der Waals surface area contributed by atoms with E-state index in [1.807, 2.05) is 48.5 Å². The van der Waals surface area contributed by atoms with E-state index < -0.39 is 5.41 Å². The Morgan fingerprint density at radius 3 is 2.00 bits per heavy atom. The van der Waals surface area contributed by atoms with Crippen LogP contribution in [-0.2, 0) is 16.1 Å². The van der Waals surface area contributed by atoms with Crippen molar-refractivity contribution < 1.29 is 14.3 Å². The largest absolute Gasteiger partial charge is 0.497 e. The van der Waals surface area contributed by atoms with Gasteiger partial charge < -0.3 is 15.4 Å². The lowest BCUT2D eigenvalue weighted by Crippen LogP contribution is -2.41. The maximum Gasteiger partial charge on any atom is 0.235 e. The highest BCUT2D eigenvalue weighted by molar-refractivity contribution is 6.07. The van der Waals surface area contributed by atoms with Crippen LogP contribution in [0.25, 0.3) is 11.1 Å². The highest BCUT2D eigenvalue weighted by Gasteiger charge is 2.55. The molecule has 2 aromatic rings. The van der Waals surface area contributed by atoms with E-state index in [9.17, 15) is 9.59 Å². The molecule has 3 rings (SSSR count). The number of hydrogen-bond donors (Lipinski definition) is 2. The van der Waals surface area contributed by atoms with Crippen LogP contribution in [0, 0.1) is 5.41 Å². The summed E-state index contributed by atoms with van der Waals surface area (Å²) in [6.45, 7) is 0.417. The average Bonchev–Trinajstić information content (AvgIpc) is 3.48. The zero-order valence-corrected chi connectivity index (χ0v) is 14.5. The second-order valence-electron chi connectivity index (χ2n) is 6.27. The summed E-state index contributed by atoms with van der Waals surface area (Å²) < 4.78 is 5.17. The quantitative estimate of drug-likeness (QED) is 0.795. The van der Waals surface area contributed by atoms with Crippen LogP contribution in [0.1, 0.15) is 18.4 Å². The van der Waals surface area contributed by atoms with Crippen molar-refractivity contribution in [2.45, 2.75) is 19.4 Å². The Balaban J connectivity index is 1.61. The lowest BCUT2D eigenvalue weighted by molar-refractivity contribution is -0.137. The number of amides is 2. The van der Waals surface area contributed by atoms with Crippen LogP contribution in [0.2, 0.25) is 0 Å². The van der Waals surface area contributed by atoms with Crippen LogP contribution in [0.3, 0.4) is 0 Å². The molecule has 5 heteroatoms. The van der Waals surface area contributed by atoms with E-state index in [1.165, 1.54) is 0 Å². The van der Waals surface area contributed by atoms with Crippen molar-refractivity contribution in [3.05, 3.63) is 54.1 Å². The van der Waals surface area contributed by atoms with Crippen molar-refractivity contribution in [1.29, 1.82) is 0 Å². The first-order valence-corrected chi connectivity index (χ1v) is 8.33. The fourth-order valence-electron chi connectivity index (χ4n) is 2.87. The smallest absolute Gasteiger partial charge is 0.235 e. The second-order valence-corrected chi connectivity index (χ2v) is 6.27. The van der Waals surface area contributed by atoms with Crippen LogP contribution < -0.4 is 15.4 Å². The van der Waals surface area contributed by atoms with Crippen molar-refractivity contribution in [1.82, 2.24) is 10.6 Å². The van der Waals surface area contributed by atoms with Gasteiger partial charge in [-0.1, -0.05) is 36.4 Å². The standard InChI is InChI=1S/C20H22N2O3/c1-21-18(23)20(11-12-20)19(24)22-13-14-3-5-15(6-4-14)16-7-9-17(25-2)10-8-16/h3-10H,11-13H2,1-2H3,(H,21,23)(H,22,24). The van der Waals surface area contributed by atoms with E-state index in [2.05, 4.69) is 10.6 Å². The number of carbonyl (C=O) groups is 2. The normalized spacial score (nSPS) is 14.5. The van der Waals surface area contributed by atoms with E-state index in [0.29, 0.717) is 19.4 Å². The Bertz CT molecular complexity index is 763. The molecule has 0 unspecified atom stereocenters. The van der Waals surface area contributed by atoms with Gasteiger partial charge >= 0.3 is 0 Å². The molecule has 25 heavy (non-hydrogen) atoms. The van der Waals surface area contributed by atoms with E-state index in [-0.39, 0.29) is 11.8 Å². The molecule has 2 aromatic carbocycles. The van der Waals surface area contributed by atoms with Crippen LogP contribution in [0.4, 0.5) is 0 Å². The molecule has 0 spiro atoms. The van der Waals surface area contributed by atoms with Crippen molar-refractivity contribution in [3.63, 3.8) is 0 Å². The summed E-state index contributed by atoms with van der Waals surface area (Å²) >= 11 is 0. The first-order valence-electron chi connectivity index (χ1n) is 8.33. The predicted molar refractivity (Wildman–Crippen MR) is 96.0 cm³/mol. The van der Waals surface area contributed by atoms with Crippen molar-refractivity contribution >= 4 is 11.8 Å². The third kappa shape index (κ3) is 3.50. The number of rotatable bonds is 6. The maximum atomic E-state index is 12.3. The van der Waals surface area contributed by atoms with Gasteiger partial charge in [0.25, 0.3) is 0 Å². The molecular formula is C20H22N2O3. The monoisotopic (exact) mass is 338 g/mol. The summed E-state index contributed by atoms with van der Waals surface area (Å²) in [6, 6.07) is 15.9. The van der Waals surface area contributed by atoms with Crippen LogP contribution in [-0.4, -0.2) is 26.0 Å². The van der Waals surface area contributed by atoms with Gasteiger partial charge in [0.2, 0.25) is 11.8 Å². The molecule has 1 saturated carbocycles. The van der Waals surface area contributed by atoms with Gasteiger partial charge in [0.15, 0.2) is 0 Å². The lowest BCUT2D eigenvalue weighted by atomic mass is 10.0. The zero-order valence-electron chi connectivity index (χ0n) is 14.5. The van der Waals surface area contributed by atoms with Crippen LogP contribution in [0.15, 0.2) is 48.5 Å². The number of nitrogens with one attached hydrogen (secondary N) is 2. The Morgan fingerprint density at radius 2 is 1.52 bits per heavy atom. The molecule has 1 fully saturated rings. The summed E-state index contributed by atoms with van der Waals surface area (Å²) in [4.78, 5) is 24.1. The number of methoxy groups -OCH3 is 1. The third-order valence-electron chi connectivity index (χ3n) is 4.68. The molecule has 2 N–H and O–H groups in total. The molecule has 0 aliphatic heterocycles. The Morgan fingerprint density at radius 1 is 0.960 bits per heavy atom. The van der Waals surface area contributed by atoms with Gasteiger partial charge in [-0.05, 0) is 41.7 Å². The van der Waals surface area contributed by atoms with Gasteiger partial charge in [-0.2, -0.15) is 0 Å². The van der Waals surface area contributed by atoms with E-state index in [4.69, 9.17) is 4.74 Å². The molecule has 130 valence electrons. The summed E-state index contributed by atoms with van der Waals surface area (Å²) in [5.74, 6) is 0.444. The van der Waals surface area contributed by atoms with Crippen LogP contribution in [0.5, 0.6) is 5.75 Å². The Kier molecular flexibility index (Phi) is 4.74. The highest BCUT2D eigenvalue weighted by Crippen LogP contribution is 2.46. The number of hydrogen-bond acceptors (Lipinski definition) is 3. The van der Waals surface area contributed by atoms with Gasteiger partial charge in [0.05, 0.1) is 7.11 Å². The molecule has 0 aromatic heterocycles. The first-order chi connectivity index (χ1) is 12.1. The predicted octanol–water partition coefficient (Wildman–Crippen LogP) is 2.50. The molecule has 1 aliphatic carbocycles. The summed E-state index contributed by atoms with van der Waals surface area (Å²) in [7, 11) is 3.21. The molecular weight excluding hydrogens is 316 g/mol. The Hall–Kier alpha value is -2.82. The van der Waals surface area contributed by atoms with Gasteiger partial charge in [-0.15, -0.1) is 0 Å². The number of ether oxygens (including phenoxy) is 1. The minimum atomic E-state index is -0.849. The first kappa shape index (κ1) is 17.0. The van der Waals surface area contributed by atoms with Crippen LogP contribution >= 0.6 is 0 Å². The topological polar surface area (TPSA) is 67.4 Å². The minimum Gasteiger partial charge on any atom is -0.497 e. The molecule has 0 heterocycles. The van der Waals surface area contributed by atoms with Gasteiger partial charge in [0, 0.05) is 13.6 Å². The minimum absolute atomic E-state index is 0.189. The van der Waals surface area contributed by atoms with Crippen molar-refractivity contribution in [2.24, 2.45) is 5.41 Å². The molecule has 1 aliphatic rings. The fraction of sp³-hybridized carbons (Fsp3) is 0.300. The van der Waals surface area contributed by atoms with Gasteiger partial charge in [0.1, 0.15) is 11.2 Å². The van der Waals surface area contributed by atoms with E-state index >= 15 is 0 Å². The highest BCUT2D eigenvalue weighted by atomic mass is 16.5. The average molecular weight is 338 g/mol. The molecule has 0 atom stereocenters. The summed E-state index contributed by atoms with van der Waals surface area (Å²) in [5, 5.41) is 5.45. The molecule has 0 bridgehead atoms. The van der Waals surface area contributed by atoms with Crippen molar-refractivity contribution in [3.8, 4) is 16.9 Å². The third-order valence-corrected chi connectivity index (χ3v) is 4.68. The molecule has 0 radical (unpaired) electrons. The fourth-order valence-corrected chi connectivity index (χ4v) is 2.87.